The Hall–Kier alpha value is -2.90. The van der Waals surface area contributed by atoms with Crippen LogP contribution in [-0.4, -0.2) is 36.0 Å². The highest BCUT2D eigenvalue weighted by molar-refractivity contribution is 5.95. The molecule has 0 radical (unpaired) electrons. The number of ether oxygens (including phenoxy) is 2. The molecule has 2 atom stereocenters. The minimum atomic E-state index is -1.06. The fourth-order valence-electron chi connectivity index (χ4n) is 1.32. The number of carbonyl (C=O) groups is 4. The molecule has 0 aliphatic heterocycles. The van der Waals surface area contributed by atoms with E-state index in [1.54, 1.807) is 0 Å². The van der Waals surface area contributed by atoms with E-state index in [4.69, 9.17) is 20.9 Å². The molecule has 1 aromatic carbocycles. The van der Waals surface area contributed by atoms with E-state index in [1.807, 2.05) is 0 Å². The van der Waals surface area contributed by atoms with E-state index in [1.165, 1.54) is 38.1 Å². The van der Waals surface area contributed by atoms with E-state index < -0.39 is 36.0 Å². The average molecular weight is 308 g/mol. The Bertz CT molecular complexity index is 543. The smallest absolute Gasteiger partial charge is 0.338 e. The van der Waals surface area contributed by atoms with Gasteiger partial charge in [0, 0.05) is 0 Å². The first-order valence-electron chi connectivity index (χ1n) is 6.33. The number of primary amides is 2. The molecule has 0 fully saturated rings. The van der Waals surface area contributed by atoms with Crippen molar-refractivity contribution in [2.75, 3.05) is 0 Å². The van der Waals surface area contributed by atoms with E-state index in [0.717, 1.165) is 0 Å². The molecule has 0 unspecified atom stereocenters. The van der Waals surface area contributed by atoms with Crippen LogP contribution in [0.5, 0.6) is 0 Å². The van der Waals surface area contributed by atoms with Crippen molar-refractivity contribution < 1.29 is 28.7 Å². The molecule has 0 aliphatic rings. The summed E-state index contributed by atoms with van der Waals surface area (Å²) in [5, 5.41) is 0. The van der Waals surface area contributed by atoms with Crippen molar-refractivity contribution in [3.63, 3.8) is 0 Å². The molecule has 0 spiro atoms. The molecule has 22 heavy (non-hydrogen) atoms. The number of nitrogens with two attached hydrogens (primary N) is 2. The second-order valence-corrected chi connectivity index (χ2v) is 4.48. The number of benzene rings is 1. The fourth-order valence-corrected chi connectivity index (χ4v) is 1.32. The zero-order valence-electron chi connectivity index (χ0n) is 12.1. The lowest BCUT2D eigenvalue weighted by atomic mass is 10.1. The second-order valence-electron chi connectivity index (χ2n) is 4.48. The molecular formula is C14H16N2O6. The van der Waals surface area contributed by atoms with Crippen LogP contribution in [0.1, 0.15) is 34.6 Å². The van der Waals surface area contributed by atoms with Crippen LogP contribution in [0.3, 0.4) is 0 Å². The standard InChI is InChI=1S/C14H16N2O6/c1-7(11(15)17)21-13(19)9-3-5-10(6-4-9)14(20)22-8(2)12(16)18/h3-8H,1-2H3,(H2,15,17)(H2,16,18)/t7-,8-/m1/s1. The van der Waals surface area contributed by atoms with Crippen molar-refractivity contribution in [2.45, 2.75) is 26.1 Å². The Morgan fingerprint density at radius 2 is 1.05 bits per heavy atom. The highest BCUT2D eigenvalue weighted by atomic mass is 16.6. The quantitative estimate of drug-likeness (QED) is 0.694. The molecule has 1 aromatic rings. The Balaban J connectivity index is 2.74. The SMILES string of the molecule is C[C@@H](OC(=O)c1ccc(C(=O)O[C@H](C)C(N)=O)cc1)C(N)=O. The molecule has 0 aromatic heterocycles. The summed E-state index contributed by atoms with van der Waals surface area (Å²) >= 11 is 0. The summed E-state index contributed by atoms with van der Waals surface area (Å²) in [6.07, 6.45) is -2.12. The van der Waals surface area contributed by atoms with Gasteiger partial charge >= 0.3 is 11.9 Å². The number of amides is 2. The van der Waals surface area contributed by atoms with Gasteiger partial charge in [-0.25, -0.2) is 9.59 Å². The summed E-state index contributed by atoms with van der Waals surface area (Å²) in [7, 11) is 0. The zero-order chi connectivity index (χ0) is 16.9. The van der Waals surface area contributed by atoms with E-state index in [9.17, 15) is 19.2 Å². The molecule has 0 saturated heterocycles. The zero-order valence-corrected chi connectivity index (χ0v) is 12.1. The van der Waals surface area contributed by atoms with Crippen LogP contribution in [-0.2, 0) is 19.1 Å². The highest BCUT2D eigenvalue weighted by Crippen LogP contribution is 2.09. The van der Waals surface area contributed by atoms with Crippen molar-refractivity contribution in [3.8, 4) is 0 Å². The maximum atomic E-state index is 11.7. The molecule has 1 rings (SSSR count). The van der Waals surface area contributed by atoms with E-state index in [0.29, 0.717) is 0 Å². The first kappa shape index (κ1) is 17.2. The summed E-state index contributed by atoms with van der Waals surface area (Å²) in [5.41, 5.74) is 10.2. The molecule has 4 N–H and O–H groups in total. The van der Waals surface area contributed by atoms with Crippen molar-refractivity contribution in [1.29, 1.82) is 0 Å². The maximum absolute atomic E-state index is 11.7. The third-order valence-corrected chi connectivity index (χ3v) is 2.73. The van der Waals surface area contributed by atoms with Gasteiger partial charge in [-0.2, -0.15) is 0 Å². The fraction of sp³-hybridized carbons (Fsp3) is 0.286. The minimum absolute atomic E-state index is 0.132. The normalized spacial score (nSPS) is 12.8. The lowest BCUT2D eigenvalue weighted by Crippen LogP contribution is -2.30. The predicted octanol–water partition coefficient (Wildman–Crippen LogP) is -0.252. The molecule has 0 bridgehead atoms. The molecule has 8 nitrogen and oxygen atoms in total. The van der Waals surface area contributed by atoms with Gasteiger partial charge in [0.2, 0.25) is 0 Å². The Labute approximate surface area is 126 Å². The summed E-state index contributed by atoms with van der Waals surface area (Å²) in [6, 6.07) is 5.28. The van der Waals surface area contributed by atoms with Gasteiger partial charge in [-0.15, -0.1) is 0 Å². The molecule has 0 heterocycles. The van der Waals surface area contributed by atoms with Gasteiger partial charge in [0.1, 0.15) is 0 Å². The summed E-state index contributed by atoms with van der Waals surface area (Å²) in [6.45, 7) is 2.69. The monoisotopic (exact) mass is 308 g/mol. The van der Waals surface area contributed by atoms with Crippen LogP contribution in [0.2, 0.25) is 0 Å². The summed E-state index contributed by atoms with van der Waals surface area (Å²) < 4.78 is 9.61. The van der Waals surface area contributed by atoms with Crippen molar-refractivity contribution in [3.05, 3.63) is 35.4 Å². The van der Waals surface area contributed by atoms with Crippen LogP contribution in [0.15, 0.2) is 24.3 Å². The highest BCUT2D eigenvalue weighted by Gasteiger charge is 2.18. The van der Waals surface area contributed by atoms with Crippen LogP contribution in [0.25, 0.3) is 0 Å². The van der Waals surface area contributed by atoms with Crippen LogP contribution < -0.4 is 11.5 Å². The molecule has 0 aliphatic carbocycles. The first-order chi connectivity index (χ1) is 10.2. The average Bonchev–Trinajstić information content (AvgIpc) is 2.46. The summed E-state index contributed by atoms with van der Waals surface area (Å²) in [5.74, 6) is -3.04. The Morgan fingerprint density at radius 1 is 0.773 bits per heavy atom. The molecule has 8 heteroatoms. The van der Waals surface area contributed by atoms with Gasteiger partial charge in [0.25, 0.3) is 11.8 Å². The first-order valence-corrected chi connectivity index (χ1v) is 6.33. The lowest BCUT2D eigenvalue weighted by Gasteiger charge is -2.11. The van der Waals surface area contributed by atoms with Crippen molar-refractivity contribution in [1.82, 2.24) is 0 Å². The molecule has 0 saturated carbocycles. The maximum Gasteiger partial charge on any atom is 0.338 e. The number of esters is 2. The van der Waals surface area contributed by atoms with Gasteiger partial charge < -0.3 is 20.9 Å². The van der Waals surface area contributed by atoms with Crippen molar-refractivity contribution in [2.24, 2.45) is 11.5 Å². The second kappa shape index (κ2) is 7.21. The largest absolute Gasteiger partial charge is 0.449 e. The third kappa shape index (κ3) is 4.58. The molecular weight excluding hydrogens is 292 g/mol. The van der Waals surface area contributed by atoms with Crippen LogP contribution in [0.4, 0.5) is 0 Å². The van der Waals surface area contributed by atoms with E-state index >= 15 is 0 Å². The van der Waals surface area contributed by atoms with Crippen LogP contribution in [0, 0.1) is 0 Å². The minimum Gasteiger partial charge on any atom is -0.449 e. The number of hydrogen-bond acceptors (Lipinski definition) is 6. The number of carbonyl (C=O) groups excluding carboxylic acids is 4. The van der Waals surface area contributed by atoms with E-state index in [2.05, 4.69) is 0 Å². The Morgan fingerprint density at radius 3 is 1.27 bits per heavy atom. The number of hydrogen-bond donors (Lipinski definition) is 2. The molecule has 2 amide bonds. The van der Waals surface area contributed by atoms with Gasteiger partial charge in [-0.3, -0.25) is 9.59 Å². The van der Waals surface area contributed by atoms with Crippen LogP contribution >= 0.6 is 0 Å². The topological polar surface area (TPSA) is 139 Å². The van der Waals surface area contributed by atoms with Gasteiger partial charge in [0.05, 0.1) is 11.1 Å². The van der Waals surface area contributed by atoms with Gasteiger partial charge in [-0.1, -0.05) is 0 Å². The number of rotatable bonds is 6. The van der Waals surface area contributed by atoms with Crippen molar-refractivity contribution >= 4 is 23.8 Å². The Kier molecular flexibility index (Phi) is 5.62. The summed E-state index contributed by atoms with van der Waals surface area (Å²) in [4.78, 5) is 45.0. The third-order valence-electron chi connectivity index (χ3n) is 2.73. The van der Waals surface area contributed by atoms with Gasteiger partial charge in [-0.05, 0) is 38.1 Å². The van der Waals surface area contributed by atoms with Gasteiger partial charge in [0.15, 0.2) is 12.2 Å². The predicted molar refractivity (Wildman–Crippen MR) is 74.6 cm³/mol. The van der Waals surface area contributed by atoms with E-state index in [-0.39, 0.29) is 11.1 Å². The lowest BCUT2D eigenvalue weighted by molar-refractivity contribution is -0.126. The molecule has 118 valence electrons.